The van der Waals surface area contributed by atoms with Crippen LogP contribution in [0.5, 0.6) is 0 Å². The fourth-order valence-electron chi connectivity index (χ4n) is 2.48. The SMILES string of the molecule is Cc1ccc(C)c(C(C)NC(=O)c2n[nH]c(C3CC3)n2)c1. The zero-order chi connectivity index (χ0) is 15.0. The Morgan fingerprint density at radius 2 is 2.14 bits per heavy atom. The van der Waals surface area contributed by atoms with Gasteiger partial charge in [0.15, 0.2) is 0 Å². The summed E-state index contributed by atoms with van der Waals surface area (Å²) >= 11 is 0. The van der Waals surface area contributed by atoms with E-state index >= 15 is 0 Å². The van der Waals surface area contributed by atoms with Gasteiger partial charge >= 0.3 is 0 Å². The number of hydrogen-bond acceptors (Lipinski definition) is 3. The van der Waals surface area contributed by atoms with Crippen LogP contribution >= 0.6 is 0 Å². The van der Waals surface area contributed by atoms with Crippen molar-refractivity contribution < 1.29 is 4.79 Å². The highest BCUT2D eigenvalue weighted by molar-refractivity contribution is 5.90. The average molecular weight is 284 g/mol. The van der Waals surface area contributed by atoms with Gasteiger partial charge in [-0.2, -0.15) is 0 Å². The first-order valence-corrected chi connectivity index (χ1v) is 7.35. The van der Waals surface area contributed by atoms with Crippen molar-refractivity contribution in [1.82, 2.24) is 20.5 Å². The molecule has 0 radical (unpaired) electrons. The van der Waals surface area contributed by atoms with Crippen molar-refractivity contribution >= 4 is 5.91 Å². The molecule has 5 nitrogen and oxygen atoms in total. The van der Waals surface area contributed by atoms with Gasteiger partial charge in [0.05, 0.1) is 6.04 Å². The van der Waals surface area contributed by atoms with E-state index in [0.29, 0.717) is 5.92 Å². The van der Waals surface area contributed by atoms with Gasteiger partial charge in [-0.3, -0.25) is 9.89 Å². The standard InChI is InChI=1S/C16H20N4O/c1-9-4-5-10(2)13(8-9)11(3)17-16(21)15-18-14(19-20-15)12-6-7-12/h4-5,8,11-12H,6-7H2,1-3H3,(H,17,21)(H,18,19,20). The third-order valence-electron chi connectivity index (χ3n) is 3.92. The summed E-state index contributed by atoms with van der Waals surface area (Å²) in [4.78, 5) is 16.5. The maximum absolute atomic E-state index is 12.2. The summed E-state index contributed by atoms with van der Waals surface area (Å²) in [6.07, 6.45) is 2.27. The summed E-state index contributed by atoms with van der Waals surface area (Å²) in [6, 6.07) is 6.18. The number of aromatic amines is 1. The Kier molecular flexibility index (Phi) is 3.49. The van der Waals surface area contributed by atoms with E-state index in [1.165, 1.54) is 11.1 Å². The monoisotopic (exact) mass is 284 g/mol. The molecule has 1 aliphatic rings. The number of benzene rings is 1. The topological polar surface area (TPSA) is 70.7 Å². The Bertz CT molecular complexity index is 673. The second-order valence-corrected chi connectivity index (χ2v) is 5.87. The molecular formula is C16H20N4O. The highest BCUT2D eigenvalue weighted by Gasteiger charge is 2.28. The Morgan fingerprint density at radius 3 is 2.86 bits per heavy atom. The predicted octanol–water partition coefficient (Wildman–Crippen LogP) is 2.79. The number of nitrogens with zero attached hydrogens (tertiary/aromatic N) is 2. The number of carbonyl (C=O) groups is 1. The van der Waals surface area contributed by atoms with E-state index in [2.05, 4.69) is 52.5 Å². The van der Waals surface area contributed by atoms with Crippen LogP contribution in [-0.2, 0) is 0 Å². The number of amides is 1. The minimum atomic E-state index is -0.230. The number of carbonyl (C=O) groups excluding carboxylic acids is 1. The molecule has 1 heterocycles. The maximum atomic E-state index is 12.2. The lowest BCUT2D eigenvalue weighted by Crippen LogP contribution is -2.28. The molecule has 1 amide bonds. The number of aromatic nitrogens is 3. The molecule has 21 heavy (non-hydrogen) atoms. The molecule has 0 aliphatic heterocycles. The molecule has 2 aromatic rings. The molecule has 2 N–H and O–H groups in total. The molecular weight excluding hydrogens is 264 g/mol. The molecule has 1 saturated carbocycles. The van der Waals surface area contributed by atoms with Crippen LogP contribution in [-0.4, -0.2) is 21.1 Å². The predicted molar refractivity (Wildman–Crippen MR) is 80.2 cm³/mol. The van der Waals surface area contributed by atoms with Crippen LogP contribution in [0, 0.1) is 13.8 Å². The summed E-state index contributed by atoms with van der Waals surface area (Å²) in [6.45, 7) is 6.08. The largest absolute Gasteiger partial charge is 0.343 e. The van der Waals surface area contributed by atoms with E-state index in [-0.39, 0.29) is 17.8 Å². The normalized spacial score (nSPS) is 15.8. The van der Waals surface area contributed by atoms with Crippen molar-refractivity contribution in [2.75, 3.05) is 0 Å². The molecule has 0 spiro atoms. The summed E-state index contributed by atoms with van der Waals surface area (Å²) in [5.74, 6) is 1.30. The van der Waals surface area contributed by atoms with Crippen LogP contribution in [0.25, 0.3) is 0 Å². The number of hydrogen-bond donors (Lipinski definition) is 2. The van der Waals surface area contributed by atoms with Crippen molar-refractivity contribution in [2.45, 2.75) is 45.6 Å². The number of nitrogens with one attached hydrogen (secondary N) is 2. The highest BCUT2D eigenvalue weighted by Crippen LogP contribution is 2.37. The van der Waals surface area contributed by atoms with Crippen LogP contribution in [0.15, 0.2) is 18.2 Å². The lowest BCUT2D eigenvalue weighted by atomic mass is 10.00. The van der Waals surface area contributed by atoms with Gasteiger partial charge in [0, 0.05) is 5.92 Å². The number of rotatable bonds is 4. The summed E-state index contributed by atoms with van der Waals surface area (Å²) < 4.78 is 0. The van der Waals surface area contributed by atoms with E-state index < -0.39 is 0 Å². The van der Waals surface area contributed by atoms with Gasteiger partial charge in [0.2, 0.25) is 5.82 Å². The molecule has 110 valence electrons. The first kappa shape index (κ1) is 13.8. The zero-order valence-corrected chi connectivity index (χ0v) is 12.6. The van der Waals surface area contributed by atoms with Crippen molar-refractivity contribution in [1.29, 1.82) is 0 Å². The van der Waals surface area contributed by atoms with Crippen LogP contribution in [0.4, 0.5) is 0 Å². The molecule has 1 atom stereocenters. The molecule has 1 aromatic heterocycles. The summed E-state index contributed by atoms with van der Waals surface area (Å²) in [5.41, 5.74) is 3.48. The van der Waals surface area contributed by atoms with Crippen LogP contribution in [0.1, 0.15) is 64.9 Å². The van der Waals surface area contributed by atoms with Crippen LogP contribution in [0.2, 0.25) is 0 Å². The van der Waals surface area contributed by atoms with Gasteiger partial charge in [-0.15, -0.1) is 5.10 Å². The zero-order valence-electron chi connectivity index (χ0n) is 12.6. The van der Waals surface area contributed by atoms with Gasteiger partial charge in [0.25, 0.3) is 5.91 Å². The fourth-order valence-corrected chi connectivity index (χ4v) is 2.48. The average Bonchev–Trinajstić information content (AvgIpc) is 3.18. The third-order valence-corrected chi connectivity index (χ3v) is 3.92. The number of H-pyrrole nitrogens is 1. The molecule has 0 bridgehead atoms. The van der Waals surface area contributed by atoms with Crippen LogP contribution in [0.3, 0.4) is 0 Å². The quantitative estimate of drug-likeness (QED) is 0.907. The molecule has 1 aromatic carbocycles. The Balaban J connectivity index is 1.72. The van der Waals surface area contributed by atoms with Crippen molar-refractivity contribution in [2.24, 2.45) is 0 Å². The van der Waals surface area contributed by atoms with Gasteiger partial charge < -0.3 is 5.32 Å². The van der Waals surface area contributed by atoms with Gasteiger partial charge in [-0.25, -0.2) is 4.98 Å². The van der Waals surface area contributed by atoms with Crippen LogP contribution < -0.4 is 5.32 Å². The maximum Gasteiger partial charge on any atom is 0.291 e. The van der Waals surface area contributed by atoms with E-state index in [4.69, 9.17) is 0 Å². The first-order valence-electron chi connectivity index (χ1n) is 7.35. The second kappa shape index (κ2) is 5.31. The summed E-state index contributed by atoms with van der Waals surface area (Å²) in [5, 5.41) is 9.85. The van der Waals surface area contributed by atoms with Gasteiger partial charge in [-0.1, -0.05) is 23.8 Å². The van der Waals surface area contributed by atoms with Gasteiger partial charge in [-0.05, 0) is 44.7 Å². The van der Waals surface area contributed by atoms with E-state index in [0.717, 1.165) is 24.2 Å². The van der Waals surface area contributed by atoms with Gasteiger partial charge in [0.1, 0.15) is 5.82 Å². The Labute approximate surface area is 124 Å². The van der Waals surface area contributed by atoms with Crippen molar-refractivity contribution in [3.63, 3.8) is 0 Å². The minimum Gasteiger partial charge on any atom is -0.343 e. The second-order valence-electron chi connectivity index (χ2n) is 5.87. The van der Waals surface area contributed by atoms with E-state index in [1.54, 1.807) is 0 Å². The van der Waals surface area contributed by atoms with Crippen molar-refractivity contribution in [3.8, 4) is 0 Å². The molecule has 0 saturated heterocycles. The molecule has 1 aliphatic carbocycles. The molecule has 1 unspecified atom stereocenters. The minimum absolute atomic E-state index is 0.0692. The molecule has 5 heteroatoms. The molecule has 3 rings (SSSR count). The lowest BCUT2D eigenvalue weighted by molar-refractivity contribution is 0.0929. The Hall–Kier alpha value is -2.17. The number of aryl methyl sites for hydroxylation is 2. The fraction of sp³-hybridized carbons (Fsp3) is 0.438. The van der Waals surface area contributed by atoms with E-state index in [1.807, 2.05) is 6.92 Å². The first-order chi connectivity index (χ1) is 10.0. The summed E-state index contributed by atoms with van der Waals surface area (Å²) in [7, 11) is 0. The highest BCUT2D eigenvalue weighted by atomic mass is 16.2. The third kappa shape index (κ3) is 2.96. The smallest absolute Gasteiger partial charge is 0.291 e. The lowest BCUT2D eigenvalue weighted by Gasteiger charge is -2.16. The van der Waals surface area contributed by atoms with Crippen molar-refractivity contribution in [3.05, 3.63) is 46.5 Å². The van der Waals surface area contributed by atoms with E-state index in [9.17, 15) is 4.79 Å². The Morgan fingerprint density at radius 1 is 1.38 bits per heavy atom. The molecule has 1 fully saturated rings.